The van der Waals surface area contributed by atoms with Gasteiger partial charge in [0.2, 0.25) is 5.76 Å². The van der Waals surface area contributed by atoms with Crippen LogP contribution in [0, 0.1) is 5.92 Å². The van der Waals surface area contributed by atoms with E-state index in [9.17, 15) is 18.0 Å². The average molecular weight is 380 g/mol. The van der Waals surface area contributed by atoms with Crippen molar-refractivity contribution >= 4 is 32.7 Å². The molecule has 1 atom stereocenters. The third-order valence-electron chi connectivity index (χ3n) is 4.32. The quantitative estimate of drug-likeness (QED) is 0.710. The number of fused-ring (bicyclic) bond motifs is 1. The number of hydrogen-bond donors (Lipinski definition) is 0. The number of carbonyl (C=O) groups is 2. The fourth-order valence-electron chi connectivity index (χ4n) is 3.08. The SMILES string of the molecule is CCOC(=O)c1oc2ccccc2c1COC(=O)CC1CCS(=O)(=O)C1. The molecule has 2 aromatic rings. The minimum atomic E-state index is -3.04. The van der Waals surface area contributed by atoms with Gasteiger partial charge in [0.05, 0.1) is 23.7 Å². The summed E-state index contributed by atoms with van der Waals surface area (Å²) in [5.41, 5.74) is 0.954. The van der Waals surface area contributed by atoms with Gasteiger partial charge in [-0.05, 0) is 25.3 Å². The molecule has 1 unspecified atom stereocenters. The Morgan fingerprint density at radius 3 is 2.69 bits per heavy atom. The van der Waals surface area contributed by atoms with Gasteiger partial charge in [-0.3, -0.25) is 4.79 Å². The lowest BCUT2D eigenvalue weighted by molar-refractivity contribution is -0.145. The van der Waals surface area contributed by atoms with E-state index in [2.05, 4.69) is 0 Å². The molecule has 1 fully saturated rings. The molecule has 140 valence electrons. The lowest BCUT2D eigenvalue weighted by Crippen LogP contribution is -2.14. The van der Waals surface area contributed by atoms with Gasteiger partial charge >= 0.3 is 11.9 Å². The Bertz CT molecular complexity index is 926. The van der Waals surface area contributed by atoms with Crippen molar-refractivity contribution < 1.29 is 31.9 Å². The summed E-state index contributed by atoms with van der Waals surface area (Å²) in [6.45, 7) is 1.75. The van der Waals surface area contributed by atoms with E-state index >= 15 is 0 Å². The highest BCUT2D eigenvalue weighted by Crippen LogP contribution is 2.28. The number of hydrogen-bond acceptors (Lipinski definition) is 7. The van der Waals surface area contributed by atoms with Gasteiger partial charge in [-0.25, -0.2) is 13.2 Å². The molecule has 8 heteroatoms. The molecule has 1 saturated heterocycles. The van der Waals surface area contributed by atoms with E-state index in [-0.39, 0.29) is 42.8 Å². The van der Waals surface area contributed by atoms with Crippen LogP contribution in [-0.2, 0) is 30.7 Å². The second-order valence-corrected chi connectivity index (χ2v) is 8.49. The lowest BCUT2D eigenvalue weighted by Gasteiger charge is -2.08. The van der Waals surface area contributed by atoms with Gasteiger partial charge in [-0.2, -0.15) is 0 Å². The van der Waals surface area contributed by atoms with E-state index in [1.54, 1.807) is 31.2 Å². The van der Waals surface area contributed by atoms with Crippen LogP contribution < -0.4 is 0 Å². The van der Waals surface area contributed by atoms with Crippen LogP contribution in [0.3, 0.4) is 0 Å². The van der Waals surface area contributed by atoms with Crippen molar-refractivity contribution in [3.8, 4) is 0 Å². The lowest BCUT2D eigenvalue weighted by atomic mass is 10.1. The highest BCUT2D eigenvalue weighted by atomic mass is 32.2. The van der Waals surface area contributed by atoms with Crippen LogP contribution in [0.4, 0.5) is 0 Å². The van der Waals surface area contributed by atoms with Crippen LogP contribution in [-0.4, -0.2) is 38.5 Å². The standard InChI is InChI=1S/C18H20O7S/c1-2-23-18(20)17-14(13-5-3-4-6-15(13)25-17)10-24-16(19)9-12-7-8-26(21,22)11-12/h3-6,12H,2,7-11H2,1H3. The van der Waals surface area contributed by atoms with Crippen molar-refractivity contribution in [1.82, 2.24) is 0 Å². The molecule has 1 aromatic carbocycles. The Labute approximate surface area is 151 Å². The van der Waals surface area contributed by atoms with Crippen LogP contribution in [0.25, 0.3) is 11.0 Å². The zero-order chi connectivity index (χ0) is 18.7. The Morgan fingerprint density at radius 1 is 1.23 bits per heavy atom. The summed E-state index contributed by atoms with van der Waals surface area (Å²) in [6, 6.07) is 7.06. The number of para-hydroxylation sites is 1. The van der Waals surface area contributed by atoms with Crippen molar-refractivity contribution in [1.29, 1.82) is 0 Å². The Hall–Kier alpha value is -2.35. The second kappa shape index (κ2) is 7.49. The first-order chi connectivity index (χ1) is 12.4. The third kappa shape index (κ3) is 4.07. The zero-order valence-corrected chi connectivity index (χ0v) is 15.2. The molecule has 1 aliphatic rings. The molecule has 1 aromatic heterocycles. The van der Waals surface area contributed by atoms with Crippen LogP contribution >= 0.6 is 0 Å². The van der Waals surface area contributed by atoms with Crippen molar-refractivity contribution in [2.45, 2.75) is 26.4 Å². The minimum Gasteiger partial charge on any atom is -0.461 e. The van der Waals surface area contributed by atoms with E-state index in [4.69, 9.17) is 13.9 Å². The van der Waals surface area contributed by atoms with Crippen molar-refractivity contribution in [3.05, 3.63) is 35.6 Å². The monoisotopic (exact) mass is 380 g/mol. The molecular weight excluding hydrogens is 360 g/mol. The molecule has 0 amide bonds. The van der Waals surface area contributed by atoms with Crippen LogP contribution in [0.2, 0.25) is 0 Å². The van der Waals surface area contributed by atoms with Crippen LogP contribution in [0.5, 0.6) is 0 Å². The molecule has 0 radical (unpaired) electrons. The minimum absolute atomic E-state index is 0.0179. The molecule has 3 rings (SSSR count). The summed E-state index contributed by atoms with van der Waals surface area (Å²) >= 11 is 0. The number of benzene rings is 1. The predicted molar refractivity (Wildman–Crippen MR) is 93.3 cm³/mol. The van der Waals surface area contributed by atoms with Gasteiger partial charge in [0.15, 0.2) is 9.84 Å². The molecule has 0 saturated carbocycles. The number of furan rings is 1. The number of rotatable bonds is 6. The van der Waals surface area contributed by atoms with Gasteiger partial charge in [-0.15, -0.1) is 0 Å². The maximum absolute atomic E-state index is 12.1. The summed E-state index contributed by atoms with van der Waals surface area (Å²) in [7, 11) is -3.04. The maximum atomic E-state index is 12.1. The molecule has 26 heavy (non-hydrogen) atoms. The largest absolute Gasteiger partial charge is 0.461 e. The second-order valence-electron chi connectivity index (χ2n) is 6.26. The number of ether oxygens (including phenoxy) is 2. The molecule has 0 N–H and O–H groups in total. The smallest absolute Gasteiger partial charge is 0.374 e. The van der Waals surface area contributed by atoms with Gasteiger partial charge in [0.1, 0.15) is 12.2 Å². The Morgan fingerprint density at radius 2 is 2.00 bits per heavy atom. The molecule has 0 spiro atoms. The molecule has 0 aliphatic carbocycles. The topological polar surface area (TPSA) is 99.9 Å². The normalized spacial score (nSPS) is 18.7. The first-order valence-corrected chi connectivity index (χ1v) is 10.3. The molecule has 1 aliphatic heterocycles. The average Bonchev–Trinajstić information content (AvgIpc) is 3.13. The summed E-state index contributed by atoms with van der Waals surface area (Å²) in [5.74, 6) is -1.17. The molecule has 0 bridgehead atoms. The highest BCUT2D eigenvalue weighted by Gasteiger charge is 2.30. The summed E-state index contributed by atoms with van der Waals surface area (Å²) in [4.78, 5) is 24.2. The Kier molecular flexibility index (Phi) is 5.31. The fourth-order valence-corrected chi connectivity index (χ4v) is 4.95. The maximum Gasteiger partial charge on any atom is 0.374 e. The highest BCUT2D eigenvalue weighted by molar-refractivity contribution is 7.91. The van der Waals surface area contributed by atoms with Crippen molar-refractivity contribution in [2.24, 2.45) is 5.92 Å². The van der Waals surface area contributed by atoms with E-state index in [1.165, 1.54) is 0 Å². The van der Waals surface area contributed by atoms with Gasteiger partial charge < -0.3 is 13.9 Å². The van der Waals surface area contributed by atoms with Gasteiger partial charge in [0, 0.05) is 11.8 Å². The predicted octanol–water partition coefficient (Wildman–Crippen LogP) is 2.48. The summed E-state index contributed by atoms with van der Waals surface area (Å²) in [5, 5.41) is 0.673. The van der Waals surface area contributed by atoms with Crippen molar-refractivity contribution in [3.63, 3.8) is 0 Å². The summed E-state index contributed by atoms with van der Waals surface area (Å²) < 4.78 is 38.8. The van der Waals surface area contributed by atoms with Crippen molar-refractivity contribution in [2.75, 3.05) is 18.1 Å². The van der Waals surface area contributed by atoms with E-state index in [0.29, 0.717) is 23.0 Å². The zero-order valence-electron chi connectivity index (χ0n) is 14.4. The number of esters is 2. The van der Waals surface area contributed by atoms with E-state index < -0.39 is 21.8 Å². The first-order valence-electron chi connectivity index (χ1n) is 8.43. The molecule has 2 heterocycles. The van der Waals surface area contributed by atoms with Crippen LogP contribution in [0.1, 0.15) is 35.9 Å². The third-order valence-corrected chi connectivity index (χ3v) is 6.16. The summed E-state index contributed by atoms with van der Waals surface area (Å²) in [6.07, 6.45) is 0.518. The van der Waals surface area contributed by atoms with Gasteiger partial charge in [0.25, 0.3) is 0 Å². The molecule has 7 nitrogen and oxygen atoms in total. The fraction of sp³-hybridized carbons (Fsp3) is 0.444. The first kappa shape index (κ1) is 18.4. The number of sulfone groups is 1. The van der Waals surface area contributed by atoms with Crippen LogP contribution in [0.15, 0.2) is 28.7 Å². The number of carbonyl (C=O) groups excluding carboxylic acids is 2. The van der Waals surface area contributed by atoms with E-state index in [1.807, 2.05) is 0 Å². The van der Waals surface area contributed by atoms with Gasteiger partial charge in [-0.1, -0.05) is 18.2 Å². The van der Waals surface area contributed by atoms with E-state index in [0.717, 1.165) is 0 Å². The Balaban J connectivity index is 1.72. The molecular formula is C18H20O7S.